The van der Waals surface area contributed by atoms with Crippen molar-refractivity contribution in [3.8, 4) is 12.3 Å². The van der Waals surface area contributed by atoms with Gasteiger partial charge in [-0.15, -0.1) is 6.42 Å². The normalized spacial score (nSPS) is 52.8. The van der Waals surface area contributed by atoms with E-state index in [1.54, 1.807) is 0 Å². The van der Waals surface area contributed by atoms with Gasteiger partial charge in [0.25, 0.3) is 0 Å². The summed E-state index contributed by atoms with van der Waals surface area (Å²) in [5.74, 6) is 2.64. The van der Waals surface area contributed by atoms with E-state index in [0.717, 1.165) is 19.3 Å². The third-order valence-electron chi connectivity index (χ3n) is 9.25. The molecule has 0 saturated heterocycles. The van der Waals surface area contributed by atoms with Crippen LogP contribution in [0.5, 0.6) is 0 Å². The van der Waals surface area contributed by atoms with E-state index in [0.29, 0.717) is 19.3 Å². The van der Waals surface area contributed by atoms with Gasteiger partial charge in [0.05, 0.1) is 0 Å². The van der Waals surface area contributed by atoms with Gasteiger partial charge in [-0.05, 0) is 56.3 Å². The number of carbonyl (C=O) groups excluding carboxylic acids is 2. The second-order valence-corrected chi connectivity index (χ2v) is 10.2. The molecule has 28 heavy (non-hydrogen) atoms. The quantitative estimate of drug-likeness (QED) is 0.549. The summed E-state index contributed by atoms with van der Waals surface area (Å²) in [5.41, 5.74) is -3.46. The van der Waals surface area contributed by atoms with Crippen LogP contribution in [0.15, 0.2) is 0 Å². The highest BCUT2D eigenvalue weighted by molar-refractivity contribution is 5.89. The number of rotatable bonds is 1. The van der Waals surface area contributed by atoms with Crippen LogP contribution in [0.25, 0.3) is 0 Å². The van der Waals surface area contributed by atoms with Gasteiger partial charge >= 0.3 is 5.97 Å². The van der Waals surface area contributed by atoms with Gasteiger partial charge in [-0.25, -0.2) is 4.39 Å². The first-order valence-electron chi connectivity index (χ1n) is 10.6. The van der Waals surface area contributed by atoms with Crippen LogP contribution >= 0.6 is 0 Å². The molecule has 0 aromatic rings. The van der Waals surface area contributed by atoms with Crippen molar-refractivity contribution in [3.05, 3.63) is 0 Å². The van der Waals surface area contributed by atoms with Crippen LogP contribution in [0, 0.1) is 40.9 Å². The van der Waals surface area contributed by atoms with Crippen LogP contribution in [0.2, 0.25) is 0 Å². The number of hydrogen-bond acceptors (Lipinski definition) is 4. The molecule has 4 fully saturated rings. The molecule has 0 radical (unpaired) electrons. The maximum Gasteiger partial charge on any atom is 0.304 e. The van der Waals surface area contributed by atoms with E-state index in [9.17, 15) is 19.1 Å². The average molecular weight is 390 g/mol. The predicted octanol–water partition coefficient (Wildman–Crippen LogP) is 3.60. The average Bonchev–Trinajstić information content (AvgIpc) is 2.90. The molecule has 4 rings (SSSR count). The Morgan fingerprint density at radius 3 is 2.43 bits per heavy atom. The molecular weight excluding hydrogens is 359 g/mol. The molecule has 4 saturated carbocycles. The van der Waals surface area contributed by atoms with E-state index in [1.807, 2.05) is 6.92 Å². The number of esters is 1. The molecule has 1 N–H and O–H groups in total. The number of hydrogen-bond donors (Lipinski definition) is 1. The van der Waals surface area contributed by atoms with Crippen molar-refractivity contribution in [2.75, 3.05) is 0 Å². The second-order valence-electron chi connectivity index (χ2n) is 10.2. The number of carbonyl (C=O) groups is 2. The lowest BCUT2D eigenvalue weighted by atomic mass is 9.42. The number of fused-ring (bicyclic) bond motifs is 5. The monoisotopic (exact) mass is 390 g/mol. The molecule has 0 aromatic carbocycles. The Kier molecular flexibility index (Phi) is 4.29. The fourth-order valence-corrected chi connectivity index (χ4v) is 7.67. The summed E-state index contributed by atoms with van der Waals surface area (Å²) in [4.78, 5) is 24.9. The van der Waals surface area contributed by atoms with Gasteiger partial charge in [-0.3, -0.25) is 9.59 Å². The van der Waals surface area contributed by atoms with E-state index in [-0.39, 0.29) is 47.8 Å². The molecule has 0 aliphatic heterocycles. The molecule has 0 spiro atoms. The Balaban J connectivity index is 1.72. The number of ketones is 1. The molecule has 154 valence electrons. The largest absolute Gasteiger partial charge is 0.445 e. The molecule has 5 heteroatoms. The number of halogens is 1. The lowest BCUT2D eigenvalue weighted by Crippen LogP contribution is -2.67. The summed E-state index contributed by atoms with van der Waals surface area (Å²) in [6.07, 6.45) is 8.92. The summed E-state index contributed by atoms with van der Waals surface area (Å²) in [6, 6.07) is 0. The minimum Gasteiger partial charge on any atom is -0.445 e. The fraction of sp³-hybridized carbons (Fsp3) is 0.826. The molecule has 0 unspecified atom stereocenters. The third kappa shape index (κ3) is 2.27. The first kappa shape index (κ1) is 19.9. The van der Waals surface area contributed by atoms with Crippen LogP contribution < -0.4 is 0 Å². The van der Waals surface area contributed by atoms with E-state index in [1.165, 1.54) is 6.92 Å². The van der Waals surface area contributed by atoms with Gasteiger partial charge in [0.15, 0.2) is 11.4 Å². The molecule has 0 heterocycles. The highest BCUT2D eigenvalue weighted by atomic mass is 19.1. The van der Waals surface area contributed by atoms with E-state index in [4.69, 9.17) is 11.2 Å². The summed E-state index contributed by atoms with van der Waals surface area (Å²) in [7, 11) is 0. The van der Waals surface area contributed by atoms with Gasteiger partial charge in [0, 0.05) is 30.6 Å². The number of terminal acetylenes is 1. The number of aliphatic hydroxyl groups is 1. The van der Waals surface area contributed by atoms with Gasteiger partial charge in [-0.1, -0.05) is 19.8 Å². The minimum absolute atomic E-state index is 0.0742. The Morgan fingerprint density at radius 1 is 1.18 bits per heavy atom. The Morgan fingerprint density at radius 2 is 1.79 bits per heavy atom. The Bertz CT molecular complexity index is 758. The summed E-state index contributed by atoms with van der Waals surface area (Å²) in [6.45, 7) is 5.49. The smallest absolute Gasteiger partial charge is 0.304 e. The molecule has 8 atom stereocenters. The minimum atomic E-state index is -1.56. The van der Waals surface area contributed by atoms with Crippen molar-refractivity contribution < 1.29 is 23.8 Å². The standard InChI is InChI=1S/C23H31FO4/c1-5-22(28-14(2)25)11-8-17-16-12-19(26)23(27)13-15(24)6-9-21(23,4)18(16)7-10-20(17,22)3/h1,15-18,27H,6-13H2,2-4H3/t15-,16-,17-,18-,20-,21+,22+,23+/m0/s1. The zero-order chi connectivity index (χ0) is 20.5. The van der Waals surface area contributed by atoms with E-state index < -0.39 is 22.8 Å². The van der Waals surface area contributed by atoms with Crippen LogP contribution in [0.4, 0.5) is 4.39 Å². The van der Waals surface area contributed by atoms with Crippen LogP contribution in [0.1, 0.15) is 72.1 Å². The van der Waals surface area contributed by atoms with Crippen molar-refractivity contribution >= 4 is 11.8 Å². The first-order valence-corrected chi connectivity index (χ1v) is 10.6. The molecule has 0 bridgehead atoms. The van der Waals surface area contributed by atoms with Crippen LogP contribution in [-0.2, 0) is 14.3 Å². The van der Waals surface area contributed by atoms with Crippen LogP contribution in [-0.4, -0.2) is 34.2 Å². The summed E-state index contributed by atoms with van der Waals surface area (Å²) in [5, 5.41) is 11.3. The van der Waals surface area contributed by atoms with Crippen molar-refractivity contribution in [3.63, 3.8) is 0 Å². The van der Waals surface area contributed by atoms with Crippen LogP contribution in [0.3, 0.4) is 0 Å². The number of Topliss-reactive ketones (excluding diaryl/α,β-unsaturated/α-hetero) is 1. The van der Waals surface area contributed by atoms with Gasteiger partial charge in [0.1, 0.15) is 11.8 Å². The van der Waals surface area contributed by atoms with Crippen molar-refractivity contribution in [2.24, 2.45) is 28.6 Å². The van der Waals surface area contributed by atoms with Crippen molar-refractivity contribution in [1.29, 1.82) is 0 Å². The Hall–Kier alpha value is -1.41. The lowest BCUT2D eigenvalue weighted by Gasteiger charge is -2.63. The topological polar surface area (TPSA) is 63.6 Å². The molecule has 4 aliphatic rings. The second kappa shape index (κ2) is 6.05. The summed E-state index contributed by atoms with van der Waals surface area (Å²) < 4.78 is 19.9. The highest BCUT2D eigenvalue weighted by Crippen LogP contribution is 2.69. The molecule has 4 nitrogen and oxygen atoms in total. The number of alkyl halides is 1. The van der Waals surface area contributed by atoms with E-state index in [2.05, 4.69) is 12.8 Å². The SMILES string of the molecule is C#C[C@@]1(OC(C)=O)CC[C@H]2[C@@H]3CC(=O)[C@]4(O)C[C@@H](F)CC[C@]4(C)[C@H]3CC[C@@]21C. The maximum absolute atomic E-state index is 14.1. The third-order valence-corrected chi connectivity index (χ3v) is 9.25. The highest BCUT2D eigenvalue weighted by Gasteiger charge is 2.70. The number of ether oxygens (including phenoxy) is 1. The Labute approximate surface area is 166 Å². The van der Waals surface area contributed by atoms with Crippen molar-refractivity contribution in [1.82, 2.24) is 0 Å². The summed E-state index contributed by atoms with van der Waals surface area (Å²) >= 11 is 0. The molecule has 0 amide bonds. The predicted molar refractivity (Wildman–Crippen MR) is 102 cm³/mol. The maximum atomic E-state index is 14.1. The molecule has 4 aliphatic carbocycles. The molecule has 0 aromatic heterocycles. The zero-order valence-electron chi connectivity index (χ0n) is 17.1. The van der Waals surface area contributed by atoms with Gasteiger partial charge < -0.3 is 9.84 Å². The van der Waals surface area contributed by atoms with Gasteiger partial charge in [-0.2, -0.15) is 0 Å². The zero-order valence-corrected chi connectivity index (χ0v) is 17.1. The van der Waals surface area contributed by atoms with E-state index >= 15 is 0 Å². The fourth-order valence-electron chi connectivity index (χ4n) is 7.67. The lowest BCUT2D eigenvalue weighted by molar-refractivity contribution is -0.214. The van der Waals surface area contributed by atoms with Crippen molar-refractivity contribution in [2.45, 2.75) is 89.5 Å². The first-order chi connectivity index (χ1) is 13.0. The molecular formula is C23H31FO4. The van der Waals surface area contributed by atoms with Gasteiger partial charge in [0.2, 0.25) is 0 Å².